The summed E-state index contributed by atoms with van der Waals surface area (Å²) in [5.41, 5.74) is 0.565. The molecular weight excluding hydrogens is 243 g/mol. The number of aryl methyl sites for hydroxylation is 1. The molecular formula is C12H13FO3S. The minimum atomic E-state index is -0.668. The summed E-state index contributed by atoms with van der Waals surface area (Å²) in [5.74, 6) is -0.540. The zero-order valence-corrected chi connectivity index (χ0v) is 10.5. The van der Waals surface area contributed by atoms with Gasteiger partial charge in [0.15, 0.2) is 4.75 Å². The number of carbonyl (C=O) groups excluding carboxylic acids is 1. The van der Waals surface area contributed by atoms with Crippen molar-refractivity contribution >= 4 is 17.7 Å². The third kappa shape index (κ3) is 2.30. The quantitative estimate of drug-likeness (QED) is 0.776. The van der Waals surface area contributed by atoms with Gasteiger partial charge in [-0.1, -0.05) is 0 Å². The highest BCUT2D eigenvalue weighted by molar-refractivity contribution is 8.01. The summed E-state index contributed by atoms with van der Waals surface area (Å²) in [6.45, 7) is 2.36. The van der Waals surface area contributed by atoms with Crippen LogP contribution in [0.4, 0.5) is 4.39 Å². The Morgan fingerprint density at radius 3 is 2.71 bits per heavy atom. The highest BCUT2D eigenvalue weighted by atomic mass is 32.2. The first-order chi connectivity index (χ1) is 8.07. The molecule has 1 aromatic carbocycles. The highest BCUT2D eigenvalue weighted by Crippen LogP contribution is 2.40. The van der Waals surface area contributed by atoms with Crippen LogP contribution in [0.5, 0.6) is 0 Å². The summed E-state index contributed by atoms with van der Waals surface area (Å²) in [6.07, 6.45) is 0. The largest absolute Gasteiger partial charge is 0.468 e. The Balaban J connectivity index is 2.18. The molecule has 92 valence electrons. The van der Waals surface area contributed by atoms with Crippen LogP contribution < -0.4 is 0 Å². The van der Waals surface area contributed by atoms with Crippen molar-refractivity contribution in [1.82, 2.24) is 0 Å². The number of carbonyl (C=O) groups is 1. The maximum atomic E-state index is 13.1. The van der Waals surface area contributed by atoms with Gasteiger partial charge >= 0.3 is 5.97 Å². The van der Waals surface area contributed by atoms with E-state index in [0.717, 1.165) is 4.90 Å². The van der Waals surface area contributed by atoms with Crippen LogP contribution in [-0.2, 0) is 14.3 Å². The van der Waals surface area contributed by atoms with Gasteiger partial charge in [0, 0.05) is 4.90 Å². The van der Waals surface area contributed by atoms with E-state index in [-0.39, 0.29) is 11.8 Å². The van der Waals surface area contributed by atoms with Crippen molar-refractivity contribution in [3.63, 3.8) is 0 Å². The van der Waals surface area contributed by atoms with E-state index in [0.29, 0.717) is 18.8 Å². The molecule has 1 aliphatic rings. The van der Waals surface area contributed by atoms with Crippen molar-refractivity contribution in [2.45, 2.75) is 16.6 Å². The highest BCUT2D eigenvalue weighted by Gasteiger charge is 2.48. The van der Waals surface area contributed by atoms with Gasteiger partial charge in [-0.15, -0.1) is 11.8 Å². The molecule has 1 saturated heterocycles. The molecule has 0 amide bonds. The average Bonchev–Trinajstić information content (AvgIpc) is 2.27. The van der Waals surface area contributed by atoms with Gasteiger partial charge in [-0.05, 0) is 30.7 Å². The predicted molar refractivity (Wildman–Crippen MR) is 62.6 cm³/mol. The van der Waals surface area contributed by atoms with Crippen LogP contribution >= 0.6 is 11.8 Å². The Morgan fingerprint density at radius 1 is 1.53 bits per heavy atom. The van der Waals surface area contributed by atoms with Crippen LogP contribution in [0.1, 0.15) is 5.56 Å². The molecule has 1 aliphatic heterocycles. The Hall–Kier alpha value is -1.07. The van der Waals surface area contributed by atoms with E-state index in [1.54, 1.807) is 19.1 Å². The summed E-state index contributed by atoms with van der Waals surface area (Å²) in [5, 5.41) is 0. The molecule has 3 nitrogen and oxygen atoms in total. The van der Waals surface area contributed by atoms with Crippen LogP contribution in [0.2, 0.25) is 0 Å². The number of benzene rings is 1. The molecule has 2 rings (SSSR count). The number of methoxy groups -OCH3 is 1. The molecule has 0 N–H and O–H groups in total. The molecule has 1 heterocycles. The van der Waals surface area contributed by atoms with Crippen LogP contribution in [0.25, 0.3) is 0 Å². The van der Waals surface area contributed by atoms with Gasteiger partial charge in [0.1, 0.15) is 5.82 Å². The molecule has 5 heteroatoms. The molecule has 0 aromatic heterocycles. The lowest BCUT2D eigenvalue weighted by atomic mass is 10.1. The van der Waals surface area contributed by atoms with E-state index in [9.17, 15) is 9.18 Å². The third-order valence-electron chi connectivity index (χ3n) is 2.67. The first kappa shape index (κ1) is 12.4. The molecule has 0 unspecified atom stereocenters. The second kappa shape index (κ2) is 4.66. The van der Waals surface area contributed by atoms with Crippen molar-refractivity contribution in [3.8, 4) is 0 Å². The monoisotopic (exact) mass is 256 g/mol. The number of rotatable bonds is 3. The molecule has 0 atom stereocenters. The number of thioether (sulfide) groups is 1. The summed E-state index contributed by atoms with van der Waals surface area (Å²) in [7, 11) is 1.36. The zero-order valence-electron chi connectivity index (χ0n) is 9.66. The van der Waals surface area contributed by atoms with Gasteiger partial charge in [-0.25, -0.2) is 4.39 Å². The maximum Gasteiger partial charge on any atom is 0.327 e. The number of halogens is 1. The van der Waals surface area contributed by atoms with Crippen molar-refractivity contribution in [3.05, 3.63) is 29.6 Å². The van der Waals surface area contributed by atoms with Gasteiger partial charge < -0.3 is 9.47 Å². The van der Waals surface area contributed by atoms with Crippen molar-refractivity contribution in [1.29, 1.82) is 0 Å². The lowest BCUT2D eigenvalue weighted by molar-refractivity contribution is -0.155. The standard InChI is InChI=1S/C12H13FO3S/c1-8-5-9(3-4-10(8)13)17-12(6-16-7-12)11(14)15-2/h3-5H,6-7H2,1-2H3. The van der Waals surface area contributed by atoms with Crippen molar-refractivity contribution in [2.75, 3.05) is 20.3 Å². The van der Waals surface area contributed by atoms with Crippen LogP contribution in [0.3, 0.4) is 0 Å². The molecule has 0 aliphatic carbocycles. The zero-order chi connectivity index (χ0) is 12.5. The van der Waals surface area contributed by atoms with E-state index >= 15 is 0 Å². The van der Waals surface area contributed by atoms with Crippen molar-refractivity contribution in [2.24, 2.45) is 0 Å². The number of hydrogen-bond acceptors (Lipinski definition) is 4. The predicted octanol–water partition coefficient (Wildman–Crippen LogP) is 2.17. The second-order valence-corrected chi connectivity index (χ2v) is 5.45. The van der Waals surface area contributed by atoms with E-state index in [2.05, 4.69) is 0 Å². The SMILES string of the molecule is COC(=O)C1(Sc2ccc(F)c(C)c2)COC1. The fourth-order valence-electron chi connectivity index (χ4n) is 1.60. The van der Waals surface area contributed by atoms with Gasteiger partial charge in [0.25, 0.3) is 0 Å². The summed E-state index contributed by atoms with van der Waals surface area (Å²) in [4.78, 5) is 12.5. The normalized spacial score (nSPS) is 17.4. The van der Waals surface area contributed by atoms with Crippen LogP contribution in [0, 0.1) is 12.7 Å². The number of hydrogen-bond donors (Lipinski definition) is 0. The smallest absolute Gasteiger partial charge is 0.327 e. The van der Waals surface area contributed by atoms with Gasteiger partial charge in [0.05, 0.1) is 20.3 Å². The Bertz CT molecular complexity index is 443. The summed E-state index contributed by atoms with van der Waals surface area (Å²) in [6, 6.07) is 4.79. The fourth-order valence-corrected chi connectivity index (χ4v) is 2.87. The third-order valence-corrected chi connectivity index (χ3v) is 3.95. The molecule has 0 saturated carbocycles. The average molecular weight is 256 g/mol. The minimum Gasteiger partial charge on any atom is -0.468 e. The molecule has 1 aromatic rings. The lowest BCUT2D eigenvalue weighted by Crippen LogP contribution is -2.53. The minimum absolute atomic E-state index is 0.244. The van der Waals surface area contributed by atoms with Gasteiger partial charge in [0.2, 0.25) is 0 Å². The van der Waals surface area contributed by atoms with Crippen LogP contribution in [0.15, 0.2) is 23.1 Å². The summed E-state index contributed by atoms with van der Waals surface area (Å²) < 4.78 is 22.3. The van der Waals surface area contributed by atoms with E-state index in [4.69, 9.17) is 9.47 Å². The molecule has 17 heavy (non-hydrogen) atoms. The number of ether oxygens (including phenoxy) is 2. The van der Waals surface area contributed by atoms with Gasteiger partial charge in [-0.3, -0.25) is 4.79 Å². The number of esters is 1. The molecule has 0 spiro atoms. The Labute approximate surface area is 103 Å². The first-order valence-corrected chi connectivity index (χ1v) is 6.00. The van der Waals surface area contributed by atoms with Gasteiger partial charge in [-0.2, -0.15) is 0 Å². The molecule has 0 radical (unpaired) electrons. The van der Waals surface area contributed by atoms with Crippen molar-refractivity contribution < 1.29 is 18.7 Å². The van der Waals surface area contributed by atoms with Crippen LogP contribution in [-0.4, -0.2) is 31.0 Å². The lowest BCUT2D eigenvalue weighted by Gasteiger charge is -2.37. The first-order valence-electron chi connectivity index (χ1n) is 5.19. The Morgan fingerprint density at radius 2 is 2.24 bits per heavy atom. The maximum absolute atomic E-state index is 13.1. The topological polar surface area (TPSA) is 35.5 Å². The van der Waals surface area contributed by atoms with E-state index < -0.39 is 4.75 Å². The second-order valence-electron chi connectivity index (χ2n) is 3.99. The fraction of sp³-hybridized carbons (Fsp3) is 0.417. The Kier molecular flexibility index (Phi) is 3.40. The molecule has 0 bridgehead atoms. The van der Waals surface area contributed by atoms with E-state index in [1.165, 1.54) is 24.9 Å². The van der Waals surface area contributed by atoms with E-state index in [1.807, 2.05) is 0 Å². The summed E-state index contributed by atoms with van der Waals surface area (Å²) >= 11 is 1.37. The molecule has 1 fully saturated rings.